The van der Waals surface area contributed by atoms with Gasteiger partial charge >= 0.3 is 5.76 Å². The second kappa shape index (κ2) is 10.5. The Morgan fingerprint density at radius 1 is 1.08 bits per heavy atom. The molecule has 1 aliphatic rings. The van der Waals surface area contributed by atoms with E-state index in [9.17, 15) is 28.2 Å². The van der Waals surface area contributed by atoms with Crippen LogP contribution in [0.15, 0.2) is 64.1 Å². The molecule has 10 nitrogen and oxygen atoms in total. The minimum absolute atomic E-state index is 0.0133. The summed E-state index contributed by atoms with van der Waals surface area (Å²) in [6.07, 6.45) is -1.19. The quantitative estimate of drug-likeness (QED) is 0.347. The van der Waals surface area contributed by atoms with Crippen molar-refractivity contribution in [1.29, 1.82) is 0 Å². The van der Waals surface area contributed by atoms with Crippen LogP contribution in [0.3, 0.4) is 0 Å². The van der Waals surface area contributed by atoms with E-state index in [2.05, 4.69) is 10.3 Å². The maximum atomic E-state index is 13.8. The molecule has 1 saturated heterocycles. The molecule has 5 atom stereocenters. The van der Waals surface area contributed by atoms with Crippen molar-refractivity contribution in [3.63, 3.8) is 0 Å². The molecule has 13 heteroatoms. The fourth-order valence-electron chi connectivity index (χ4n) is 4.63. The van der Waals surface area contributed by atoms with Gasteiger partial charge in [0.05, 0.1) is 30.8 Å². The molecular formula is C25H23F3N4O6. The lowest BCUT2D eigenvalue weighted by Gasteiger charge is -2.43. The molecule has 0 unspecified atom stereocenters. The van der Waals surface area contributed by atoms with Crippen molar-refractivity contribution in [1.82, 2.24) is 19.6 Å². The zero-order chi connectivity index (χ0) is 27.0. The number of hydrogen-bond acceptors (Lipinski definition) is 8. The van der Waals surface area contributed by atoms with Crippen LogP contribution in [0.25, 0.3) is 16.9 Å². The van der Waals surface area contributed by atoms with E-state index in [4.69, 9.17) is 13.9 Å². The minimum Gasteiger partial charge on any atom is -0.413 e. The van der Waals surface area contributed by atoms with Crippen molar-refractivity contribution in [2.75, 3.05) is 13.7 Å². The Morgan fingerprint density at radius 2 is 1.79 bits per heavy atom. The van der Waals surface area contributed by atoms with Gasteiger partial charge in [-0.1, -0.05) is 23.4 Å². The average molecular weight is 532 g/mol. The monoisotopic (exact) mass is 532 g/mol. The third-order valence-corrected chi connectivity index (χ3v) is 6.46. The van der Waals surface area contributed by atoms with Gasteiger partial charge in [0, 0.05) is 19.1 Å². The first-order valence-corrected chi connectivity index (χ1v) is 11.6. The number of aliphatic hydroxyl groups excluding tert-OH is 2. The van der Waals surface area contributed by atoms with Crippen molar-refractivity contribution in [3.8, 4) is 16.9 Å². The van der Waals surface area contributed by atoms with E-state index in [-0.39, 0.29) is 23.4 Å². The van der Waals surface area contributed by atoms with Gasteiger partial charge < -0.3 is 24.1 Å². The Labute approximate surface area is 213 Å². The number of aromatic nitrogens is 4. The van der Waals surface area contributed by atoms with Crippen LogP contribution in [-0.4, -0.2) is 67.9 Å². The van der Waals surface area contributed by atoms with Crippen LogP contribution >= 0.6 is 0 Å². The summed E-state index contributed by atoms with van der Waals surface area (Å²) in [4.78, 5) is 12.4. The summed E-state index contributed by atoms with van der Waals surface area (Å²) in [5.41, 5.74) is 0.549. The SMILES string of the molecule is CO[C@@H]1[C@@H](n2cc(-c3cc(F)c(F)c(F)c3)nn2)[C@@H](O)[C@@H](CO)O[C@@H]1Cc1cn(-c2ccccc2)c(=O)o1. The largest absolute Gasteiger partial charge is 0.423 e. The molecule has 38 heavy (non-hydrogen) atoms. The highest BCUT2D eigenvalue weighted by Crippen LogP contribution is 2.34. The van der Waals surface area contributed by atoms with Gasteiger partial charge in [0.1, 0.15) is 35.8 Å². The predicted molar refractivity (Wildman–Crippen MR) is 125 cm³/mol. The summed E-state index contributed by atoms with van der Waals surface area (Å²) < 4.78 is 60.4. The van der Waals surface area contributed by atoms with Crippen molar-refractivity contribution < 1.29 is 37.3 Å². The minimum atomic E-state index is -1.61. The smallest absolute Gasteiger partial charge is 0.413 e. The maximum absolute atomic E-state index is 13.8. The fraction of sp³-hybridized carbons (Fsp3) is 0.320. The van der Waals surface area contributed by atoms with Crippen LogP contribution in [-0.2, 0) is 15.9 Å². The molecule has 5 rings (SSSR count). The third kappa shape index (κ3) is 4.76. The fourth-order valence-corrected chi connectivity index (χ4v) is 4.63. The first-order valence-electron chi connectivity index (χ1n) is 11.6. The van der Waals surface area contributed by atoms with E-state index >= 15 is 0 Å². The summed E-state index contributed by atoms with van der Waals surface area (Å²) in [6, 6.07) is 9.44. The molecule has 0 aliphatic carbocycles. The molecule has 0 radical (unpaired) electrons. The van der Waals surface area contributed by atoms with Crippen molar-refractivity contribution in [2.24, 2.45) is 0 Å². The van der Waals surface area contributed by atoms with E-state index in [1.54, 1.807) is 24.3 Å². The molecule has 2 N–H and O–H groups in total. The number of methoxy groups -OCH3 is 1. The Morgan fingerprint density at radius 3 is 2.45 bits per heavy atom. The first-order chi connectivity index (χ1) is 18.3. The lowest BCUT2D eigenvalue weighted by molar-refractivity contribution is -0.212. The van der Waals surface area contributed by atoms with Crippen LogP contribution in [0.1, 0.15) is 11.8 Å². The number of aliphatic hydroxyl groups is 2. The molecule has 0 spiro atoms. The predicted octanol–water partition coefficient (Wildman–Crippen LogP) is 2.03. The van der Waals surface area contributed by atoms with Crippen LogP contribution in [0, 0.1) is 17.5 Å². The van der Waals surface area contributed by atoms with Gasteiger partial charge in [0.25, 0.3) is 0 Å². The highest BCUT2D eigenvalue weighted by Gasteiger charge is 2.47. The number of halogens is 3. The summed E-state index contributed by atoms with van der Waals surface area (Å²) >= 11 is 0. The lowest BCUT2D eigenvalue weighted by atomic mass is 9.90. The Bertz CT molecular complexity index is 1450. The Hall–Kier alpha value is -3.78. The Kier molecular flexibility index (Phi) is 7.17. The van der Waals surface area contributed by atoms with E-state index < -0.39 is 60.3 Å². The summed E-state index contributed by atoms with van der Waals surface area (Å²) in [5.74, 6) is -4.72. The number of para-hydroxylation sites is 1. The molecule has 2 aromatic carbocycles. The van der Waals surface area contributed by atoms with E-state index in [1.807, 2.05) is 6.07 Å². The van der Waals surface area contributed by atoms with Crippen LogP contribution < -0.4 is 5.76 Å². The van der Waals surface area contributed by atoms with E-state index in [0.717, 1.165) is 12.1 Å². The molecule has 200 valence electrons. The summed E-state index contributed by atoms with van der Waals surface area (Å²) in [6.45, 7) is -0.546. The molecule has 4 aromatic rings. The number of benzene rings is 2. The van der Waals surface area contributed by atoms with Gasteiger partial charge in [-0.2, -0.15) is 0 Å². The van der Waals surface area contributed by atoms with Gasteiger partial charge in [-0.05, 0) is 24.3 Å². The molecular weight excluding hydrogens is 509 g/mol. The highest BCUT2D eigenvalue weighted by atomic mass is 19.2. The molecule has 0 amide bonds. The van der Waals surface area contributed by atoms with Gasteiger partial charge in [-0.25, -0.2) is 27.2 Å². The number of nitrogens with zero attached hydrogens (tertiary/aromatic N) is 4. The standard InChI is InChI=1S/C25H23F3N4O6/c1-36-24-19(9-15-10-31(25(35)37-15)14-5-3-2-4-6-14)38-20(12-33)23(34)22(24)32-11-18(29-30-32)13-7-16(26)21(28)17(27)8-13/h2-8,10-11,19-20,22-24,33-34H,9,12H2,1H3/t19-,20-,22+,23+,24+/m1/s1. The zero-order valence-corrected chi connectivity index (χ0v) is 19.9. The van der Waals surface area contributed by atoms with Gasteiger partial charge in [-0.15, -0.1) is 5.10 Å². The van der Waals surface area contributed by atoms with Crippen LogP contribution in [0.2, 0.25) is 0 Å². The zero-order valence-electron chi connectivity index (χ0n) is 19.9. The Balaban J connectivity index is 1.45. The molecule has 1 fully saturated rings. The second-order valence-corrected chi connectivity index (χ2v) is 8.79. The topological polar surface area (TPSA) is 125 Å². The number of oxazole rings is 1. The average Bonchev–Trinajstić information content (AvgIpc) is 3.54. The summed E-state index contributed by atoms with van der Waals surface area (Å²) in [5, 5.41) is 28.7. The van der Waals surface area contributed by atoms with Crippen molar-refractivity contribution >= 4 is 0 Å². The normalized spacial score (nSPS) is 23.6. The van der Waals surface area contributed by atoms with Gasteiger partial charge in [0.15, 0.2) is 17.5 Å². The lowest BCUT2D eigenvalue weighted by Crippen LogP contribution is -2.57. The summed E-state index contributed by atoms with van der Waals surface area (Å²) in [7, 11) is 1.38. The third-order valence-electron chi connectivity index (χ3n) is 6.46. The van der Waals surface area contributed by atoms with Crippen LogP contribution in [0.4, 0.5) is 13.2 Å². The number of rotatable bonds is 7. The van der Waals surface area contributed by atoms with Gasteiger partial charge in [0.2, 0.25) is 0 Å². The van der Waals surface area contributed by atoms with E-state index in [0.29, 0.717) is 5.69 Å². The molecule has 0 bridgehead atoms. The molecule has 2 aromatic heterocycles. The number of hydrogen-bond donors (Lipinski definition) is 2. The van der Waals surface area contributed by atoms with Gasteiger partial charge in [-0.3, -0.25) is 0 Å². The van der Waals surface area contributed by atoms with Crippen molar-refractivity contribution in [3.05, 3.63) is 88.6 Å². The second-order valence-electron chi connectivity index (χ2n) is 8.79. The highest BCUT2D eigenvalue weighted by molar-refractivity contribution is 5.58. The number of ether oxygens (including phenoxy) is 2. The first kappa shape index (κ1) is 25.9. The van der Waals surface area contributed by atoms with Crippen molar-refractivity contribution in [2.45, 2.75) is 36.9 Å². The van der Waals surface area contributed by atoms with E-state index in [1.165, 1.54) is 28.8 Å². The molecule has 1 aliphatic heterocycles. The maximum Gasteiger partial charge on any atom is 0.423 e. The molecule has 3 heterocycles. The van der Waals surface area contributed by atoms with Crippen LogP contribution in [0.5, 0.6) is 0 Å². The molecule has 0 saturated carbocycles.